The third-order valence-electron chi connectivity index (χ3n) is 3.39. The molecule has 0 spiro atoms. The van der Waals surface area contributed by atoms with Gasteiger partial charge < -0.3 is 27.2 Å². The highest BCUT2D eigenvalue weighted by atomic mass is 16.3. The summed E-state index contributed by atoms with van der Waals surface area (Å²) in [5.74, 6) is -0.906. The van der Waals surface area contributed by atoms with E-state index in [0.29, 0.717) is 12.1 Å². The Balaban J connectivity index is 2.32. The second-order valence-electron chi connectivity index (χ2n) is 5.38. The molecule has 0 radical (unpaired) electrons. The number of aromatic hydroxyl groups is 1. The van der Waals surface area contributed by atoms with E-state index >= 15 is 0 Å². The van der Waals surface area contributed by atoms with Crippen LogP contribution in [0.25, 0.3) is 0 Å². The Labute approximate surface area is 144 Å². The van der Waals surface area contributed by atoms with E-state index in [1.807, 2.05) is 6.92 Å². The van der Waals surface area contributed by atoms with Crippen molar-refractivity contribution in [2.75, 3.05) is 10.6 Å². The predicted molar refractivity (Wildman–Crippen MR) is 93.5 cm³/mol. The van der Waals surface area contributed by atoms with Crippen molar-refractivity contribution in [3.8, 4) is 5.75 Å². The molecule has 9 nitrogen and oxygen atoms in total. The van der Waals surface area contributed by atoms with Crippen molar-refractivity contribution in [1.82, 2.24) is 9.97 Å². The van der Waals surface area contributed by atoms with Gasteiger partial charge in [-0.15, -0.1) is 0 Å². The van der Waals surface area contributed by atoms with E-state index in [1.165, 1.54) is 18.3 Å². The molecule has 7 N–H and O–H groups in total. The van der Waals surface area contributed by atoms with Gasteiger partial charge in [0.2, 0.25) is 11.9 Å². The predicted octanol–water partition coefficient (Wildman–Crippen LogP) is 1.09. The van der Waals surface area contributed by atoms with Crippen LogP contribution in [0, 0.1) is 0 Å². The number of phenolic OH excluding ortho intramolecular Hbond substituents is 1. The highest BCUT2D eigenvalue weighted by Crippen LogP contribution is 2.22. The molecule has 1 heterocycles. The highest BCUT2D eigenvalue weighted by molar-refractivity contribution is 5.98. The molecule has 0 aliphatic carbocycles. The minimum Gasteiger partial charge on any atom is -0.508 e. The van der Waals surface area contributed by atoms with Gasteiger partial charge in [0.1, 0.15) is 23.2 Å². The zero-order valence-corrected chi connectivity index (χ0v) is 13.7. The second kappa shape index (κ2) is 7.95. The van der Waals surface area contributed by atoms with Crippen LogP contribution in [0.2, 0.25) is 0 Å². The lowest BCUT2D eigenvalue weighted by atomic mass is 10.1. The summed E-state index contributed by atoms with van der Waals surface area (Å²) in [5, 5.41) is 15.3. The van der Waals surface area contributed by atoms with Crippen molar-refractivity contribution < 1.29 is 14.7 Å². The fourth-order valence-electron chi connectivity index (χ4n) is 2.18. The number of nitrogens with zero attached hydrogens (tertiary/aromatic N) is 2. The minimum atomic E-state index is -0.714. The van der Waals surface area contributed by atoms with E-state index in [2.05, 4.69) is 20.6 Å². The molecule has 1 aromatic heterocycles. The molecule has 0 unspecified atom stereocenters. The van der Waals surface area contributed by atoms with Crippen LogP contribution in [0.5, 0.6) is 5.75 Å². The summed E-state index contributed by atoms with van der Waals surface area (Å²) in [5.41, 5.74) is 11.3. The number of rotatable bonds is 8. The maximum atomic E-state index is 11.6. The summed E-state index contributed by atoms with van der Waals surface area (Å²) >= 11 is 0. The Hall–Kier alpha value is -3.36. The molecule has 0 saturated heterocycles. The molecular formula is C16H20N6O3. The van der Waals surface area contributed by atoms with Gasteiger partial charge in [-0.25, -0.2) is 4.98 Å². The molecule has 1 aromatic carbocycles. The largest absolute Gasteiger partial charge is 0.508 e. The van der Waals surface area contributed by atoms with Gasteiger partial charge in [0.25, 0.3) is 5.91 Å². The van der Waals surface area contributed by atoms with Gasteiger partial charge >= 0.3 is 0 Å². The first-order valence-electron chi connectivity index (χ1n) is 7.69. The highest BCUT2D eigenvalue weighted by Gasteiger charge is 2.18. The Kier molecular flexibility index (Phi) is 5.72. The quantitative estimate of drug-likeness (QED) is 0.479. The first kappa shape index (κ1) is 18.0. The zero-order chi connectivity index (χ0) is 18.4. The number of nitrogens with one attached hydrogen (secondary N) is 2. The van der Waals surface area contributed by atoms with Crippen LogP contribution in [-0.4, -0.2) is 32.9 Å². The summed E-state index contributed by atoms with van der Waals surface area (Å²) in [7, 11) is 0. The SMILES string of the molecule is CCC[C@@H](Nc1ncc(C(N)=O)c(Nc2cccc(O)c2)n1)C(N)=O. The van der Waals surface area contributed by atoms with Crippen LogP contribution >= 0.6 is 0 Å². The average molecular weight is 344 g/mol. The number of hydrogen-bond donors (Lipinski definition) is 5. The molecule has 0 aliphatic rings. The number of nitrogens with two attached hydrogens (primary N) is 2. The zero-order valence-electron chi connectivity index (χ0n) is 13.7. The van der Waals surface area contributed by atoms with Crippen LogP contribution in [0.4, 0.5) is 17.5 Å². The Morgan fingerprint density at radius 1 is 1.32 bits per heavy atom. The van der Waals surface area contributed by atoms with Gasteiger partial charge in [0.05, 0.1) is 0 Å². The molecule has 132 valence electrons. The summed E-state index contributed by atoms with van der Waals surface area (Å²) in [6.07, 6.45) is 2.52. The standard InChI is InChI=1S/C16H20N6O3/c1-2-4-12(14(18)25)21-16-19-8-11(13(17)24)15(22-16)20-9-5-3-6-10(23)7-9/h3,5-8,12,23H,2,4H2,1H3,(H2,17,24)(H2,18,25)(H2,19,20,21,22)/t12-/m1/s1. The van der Waals surface area contributed by atoms with Crippen LogP contribution in [0.1, 0.15) is 30.1 Å². The molecule has 2 rings (SSSR count). The second-order valence-corrected chi connectivity index (χ2v) is 5.38. The van der Waals surface area contributed by atoms with E-state index in [0.717, 1.165) is 6.42 Å². The van der Waals surface area contributed by atoms with Gasteiger partial charge in [-0.05, 0) is 18.6 Å². The molecule has 0 saturated carbocycles. The van der Waals surface area contributed by atoms with Crippen molar-refractivity contribution >= 4 is 29.3 Å². The van der Waals surface area contributed by atoms with Crippen molar-refractivity contribution in [3.05, 3.63) is 36.0 Å². The average Bonchev–Trinajstić information content (AvgIpc) is 2.54. The van der Waals surface area contributed by atoms with Gasteiger partial charge in [0, 0.05) is 18.0 Å². The smallest absolute Gasteiger partial charge is 0.254 e. The number of hydrogen-bond acceptors (Lipinski definition) is 7. The molecular weight excluding hydrogens is 324 g/mol. The summed E-state index contributed by atoms with van der Waals surface area (Å²) < 4.78 is 0. The number of carbonyl (C=O) groups is 2. The van der Waals surface area contributed by atoms with Crippen LogP contribution in [0.15, 0.2) is 30.5 Å². The topological polar surface area (TPSA) is 156 Å². The van der Waals surface area contributed by atoms with E-state index in [1.54, 1.807) is 12.1 Å². The number of amides is 2. The van der Waals surface area contributed by atoms with Crippen molar-refractivity contribution in [1.29, 1.82) is 0 Å². The van der Waals surface area contributed by atoms with Crippen LogP contribution < -0.4 is 22.1 Å². The number of benzene rings is 1. The van der Waals surface area contributed by atoms with Gasteiger partial charge in [-0.3, -0.25) is 9.59 Å². The van der Waals surface area contributed by atoms with E-state index in [-0.39, 0.29) is 23.1 Å². The maximum absolute atomic E-state index is 11.6. The molecule has 2 aromatic rings. The number of anilines is 3. The minimum absolute atomic E-state index is 0.0507. The first-order chi connectivity index (χ1) is 11.9. The van der Waals surface area contributed by atoms with Crippen molar-refractivity contribution in [2.45, 2.75) is 25.8 Å². The van der Waals surface area contributed by atoms with Gasteiger partial charge in [-0.2, -0.15) is 4.98 Å². The maximum Gasteiger partial charge on any atom is 0.254 e. The lowest BCUT2D eigenvalue weighted by molar-refractivity contribution is -0.118. The number of aromatic nitrogens is 2. The fraction of sp³-hybridized carbons (Fsp3) is 0.250. The molecule has 0 aliphatic heterocycles. The molecule has 0 fully saturated rings. The molecule has 0 bridgehead atoms. The summed E-state index contributed by atoms with van der Waals surface area (Å²) in [6.45, 7) is 1.92. The third-order valence-corrected chi connectivity index (χ3v) is 3.39. The Morgan fingerprint density at radius 2 is 2.08 bits per heavy atom. The Morgan fingerprint density at radius 3 is 2.68 bits per heavy atom. The van der Waals surface area contributed by atoms with Gasteiger partial charge in [0.15, 0.2) is 0 Å². The molecule has 9 heteroatoms. The number of phenols is 1. The monoisotopic (exact) mass is 344 g/mol. The lowest BCUT2D eigenvalue weighted by Crippen LogP contribution is -2.36. The summed E-state index contributed by atoms with van der Waals surface area (Å²) in [6, 6.07) is 5.66. The lowest BCUT2D eigenvalue weighted by Gasteiger charge is -2.16. The molecule has 2 amide bonds. The van der Waals surface area contributed by atoms with Crippen LogP contribution in [-0.2, 0) is 4.79 Å². The van der Waals surface area contributed by atoms with E-state index in [4.69, 9.17) is 11.5 Å². The number of primary amides is 2. The van der Waals surface area contributed by atoms with Crippen molar-refractivity contribution in [3.63, 3.8) is 0 Å². The van der Waals surface area contributed by atoms with Crippen molar-refractivity contribution in [2.24, 2.45) is 11.5 Å². The van der Waals surface area contributed by atoms with Crippen LogP contribution in [0.3, 0.4) is 0 Å². The van der Waals surface area contributed by atoms with E-state index < -0.39 is 17.9 Å². The van der Waals surface area contributed by atoms with E-state index in [9.17, 15) is 14.7 Å². The molecule has 1 atom stereocenters. The molecule has 25 heavy (non-hydrogen) atoms. The normalized spacial score (nSPS) is 11.6. The third kappa shape index (κ3) is 4.80. The Bertz CT molecular complexity index is 780. The first-order valence-corrected chi connectivity index (χ1v) is 7.69. The fourth-order valence-corrected chi connectivity index (χ4v) is 2.18. The van der Waals surface area contributed by atoms with Gasteiger partial charge in [-0.1, -0.05) is 19.4 Å². The summed E-state index contributed by atoms with van der Waals surface area (Å²) in [4.78, 5) is 31.3. The number of carbonyl (C=O) groups excluding carboxylic acids is 2.